The van der Waals surface area contributed by atoms with Crippen molar-refractivity contribution in [3.8, 4) is 0 Å². The molecule has 0 amide bonds. The number of rotatable bonds is 1. The molecule has 1 aromatic carbocycles. The lowest BCUT2D eigenvalue weighted by molar-refractivity contribution is 0.136. The van der Waals surface area contributed by atoms with Gasteiger partial charge in [-0.2, -0.15) is 0 Å². The minimum absolute atomic E-state index is 0.263. The molecule has 1 aliphatic rings. The summed E-state index contributed by atoms with van der Waals surface area (Å²) >= 11 is 0. The van der Waals surface area contributed by atoms with Gasteiger partial charge in [0.1, 0.15) is 0 Å². The number of anilines is 1. The second-order valence-corrected chi connectivity index (χ2v) is 5.26. The molecule has 2 rings (SSSR count). The smallest absolute Gasteiger partial charge is 0.0341 e. The van der Waals surface area contributed by atoms with Crippen LogP contribution in [0.1, 0.15) is 31.9 Å². The van der Waals surface area contributed by atoms with Crippen LogP contribution in [0, 0.1) is 0 Å². The first-order valence-corrected chi connectivity index (χ1v) is 5.55. The topological polar surface area (TPSA) is 15.3 Å². The summed E-state index contributed by atoms with van der Waals surface area (Å²) < 4.78 is 0. The Morgan fingerprint density at radius 3 is 2.40 bits per heavy atom. The maximum atomic E-state index is 3.19. The van der Waals surface area contributed by atoms with E-state index in [4.69, 9.17) is 0 Å². The van der Waals surface area contributed by atoms with Gasteiger partial charge in [0.25, 0.3) is 0 Å². The van der Waals surface area contributed by atoms with Gasteiger partial charge in [0, 0.05) is 31.4 Å². The van der Waals surface area contributed by atoms with Gasteiger partial charge in [0.15, 0.2) is 0 Å². The summed E-state index contributed by atoms with van der Waals surface area (Å²) in [4.78, 5) is 2.51. The molecule has 0 radical (unpaired) electrons. The van der Waals surface area contributed by atoms with Gasteiger partial charge < -0.3 is 5.32 Å². The minimum atomic E-state index is 0.263. The van der Waals surface area contributed by atoms with Crippen molar-refractivity contribution in [2.45, 2.75) is 39.4 Å². The van der Waals surface area contributed by atoms with Crippen LogP contribution in [-0.4, -0.2) is 17.5 Å². The fourth-order valence-electron chi connectivity index (χ4n) is 2.02. The summed E-state index contributed by atoms with van der Waals surface area (Å²) in [5.41, 5.74) is 4.42. The summed E-state index contributed by atoms with van der Waals surface area (Å²) in [5.74, 6) is 0. The zero-order chi connectivity index (χ0) is 11.1. The normalized spacial score (nSPS) is 16.5. The molecule has 1 aromatic rings. The lowest BCUT2D eigenvalue weighted by Gasteiger charge is -2.31. The highest BCUT2D eigenvalue weighted by Gasteiger charge is 2.27. The van der Waals surface area contributed by atoms with Gasteiger partial charge in [0.2, 0.25) is 0 Å². The Morgan fingerprint density at radius 2 is 1.80 bits per heavy atom. The first-order chi connectivity index (χ1) is 7.00. The van der Waals surface area contributed by atoms with Gasteiger partial charge in [-0.15, -0.1) is 0 Å². The Kier molecular flexibility index (Phi) is 2.47. The quantitative estimate of drug-likeness (QED) is 0.756. The average Bonchev–Trinajstić information content (AvgIpc) is 2.59. The van der Waals surface area contributed by atoms with E-state index in [1.54, 1.807) is 0 Å². The third-order valence-corrected chi connectivity index (χ3v) is 3.17. The molecule has 1 aliphatic heterocycles. The van der Waals surface area contributed by atoms with E-state index in [1.807, 2.05) is 7.05 Å². The van der Waals surface area contributed by atoms with Crippen LogP contribution < -0.4 is 5.32 Å². The Bertz CT molecular complexity index is 363. The third-order valence-electron chi connectivity index (χ3n) is 3.17. The fourth-order valence-corrected chi connectivity index (χ4v) is 2.02. The number of nitrogens with zero attached hydrogens (tertiary/aromatic N) is 1. The van der Waals surface area contributed by atoms with Gasteiger partial charge >= 0.3 is 0 Å². The lowest BCUT2D eigenvalue weighted by atomic mass is 10.1. The zero-order valence-corrected chi connectivity index (χ0v) is 10.1. The summed E-state index contributed by atoms with van der Waals surface area (Å²) in [6.07, 6.45) is 0. The van der Waals surface area contributed by atoms with Crippen molar-refractivity contribution in [1.82, 2.24) is 4.90 Å². The number of hydrogen-bond donors (Lipinski definition) is 1. The first-order valence-electron chi connectivity index (χ1n) is 5.55. The van der Waals surface area contributed by atoms with Crippen molar-refractivity contribution in [2.75, 3.05) is 12.4 Å². The molecular weight excluding hydrogens is 184 g/mol. The highest BCUT2D eigenvalue weighted by atomic mass is 15.2. The molecule has 2 nitrogen and oxygen atoms in total. The molecule has 0 atom stereocenters. The van der Waals surface area contributed by atoms with Crippen LogP contribution in [0.2, 0.25) is 0 Å². The molecule has 0 aromatic heterocycles. The predicted molar refractivity (Wildman–Crippen MR) is 65.0 cm³/mol. The number of benzene rings is 1. The fraction of sp³-hybridized carbons (Fsp3) is 0.538. The van der Waals surface area contributed by atoms with Gasteiger partial charge in [0.05, 0.1) is 0 Å². The zero-order valence-electron chi connectivity index (χ0n) is 10.1. The van der Waals surface area contributed by atoms with Crippen molar-refractivity contribution in [3.05, 3.63) is 29.3 Å². The van der Waals surface area contributed by atoms with E-state index in [0.29, 0.717) is 0 Å². The van der Waals surface area contributed by atoms with Gasteiger partial charge in [-0.25, -0.2) is 0 Å². The maximum absolute atomic E-state index is 3.19. The average molecular weight is 204 g/mol. The van der Waals surface area contributed by atoms with Gasteiger partial charge in [-0.05, 0) is 44.0 Å². The number of hydrogen-bond acceptors (Lipinski definition) is 2. The van der Waals surface area contributed by atoms with Crippen LogP contribution in [0.25, 0.3) is 0 Å². The molecular formula is C13H20N2. The largest absolute Gasteiger partial charge is 0.388 e. The van der Waals surface area contributed by atoms with E-state index in [1.165, 1.54) is 16.8 Å². The van der Waals surface area contributed by atoms with Crippen LogP contribution >= 0.6 is 0 Å². The van der Waals surface area contributed by atoms with E-state index in [-0.39, 0.29) is 5.54 Å². The van der Waals surface area contributed by atoms with Crippen LogP contribution in [0.4, 0.5) is 5.69 Å². The molecule has 2 heteroatoms. The van der Waals surface area contributed by atoms with E-state index >= 15 is 0 Å². The standard InChI is InChI=1S/C13H20N2/c1-13(2,3)15-8-10-5-6-12(14-4)7-11(10)9-15/h5-7,14H,8-9H2,1-4H3. The van der Waals surface area contributed by atoms with Gasteiger partial charge in [-0.3, -0.25) is 4.90 Å². The molecule has 0 bridgehead atoms. The van der Waals surface area contributed by atoms with Crippen molar-refractivity contribution in [3.63, 3.8) is 0 Å². The van der Waals surface area contributed by atoms with E-state index < -0.39 is 0 Å². The maximum Gasteiger partial charge on any atom is 0.0341 e. The Balaban J connectivity index is 2.24. The second kappa shape index (κ2) is 3.53. The molecule has 0 aliphatic carbocycles. The van der Waals surface area contributed by atoms with Crippen molar-refractivity contribution < 1.29 is 0 Å². The molecule has 15 heavy (non-hydrogen) atoms. The SMILES string of the molecule is CNc1ccc2c(c1)CN(C(C)(C)C)C2. The first kappa shape index (κ1) is 10.5. The Morgan fingerprint density at radius 1 is 1.13 bits per heavy atom. The highest BCUT2D eigenvalue weighted by molar-refractivity contribution is 5.49. The molecule has 0 saturated heterocycles. The van der Waals surface area contributed by atoms with Crippen molar-refractivity contribution in [2.24, 2.45) is 0 Å². The lowest BCUT2D eigenvalue weighted by Crippen LogP contribution is -2.36. The van der Waals surface area contributed by atoms with Crippen LogP contribution in [0.5, 0.6) is 0 Å². The molecule has 0 spiro atoms. The van der Waals surface area contributed by atoms with Crippen LogP contribution in [-0.2, 0) is 13.1 Å². The third kappa shape index (κ3) is 2.00. The molecule has 0 fully saturated rings. The summed E-state index contributed by atoms with van der Waals surface area (Å²) in [7, 11) is 1.97. The molecule has 1 N–H and O–H groups in total. The Labute approximate surface area is 92.3 Å². The monoisotopic (exact) mass is 204 g/mol. The summed E-state index contributed by atoms with van der Waals surface area (Å²) in [5, 5.41) is 3.19. The molecule has 0 unspecified atom stereocenters. The highest BCUT2D eigenvalue weighted by Crippen LogP contribution is 2.30. The summed E-state index contributed by atoms with van der Waals surface area (Å²) in [6, 6.07) is 6.67. The van der Waals surface area contributed by atoms with Crippen LogP contribution in [0.3, 0.4) is 0 Å². The van der Waals surface area contributed by atoms with E-state index in [9.17, 15) is 0 Å². The minimum Gasteiger partial charge on any atom is -0.388 e. The van der Waals surface area contributed by atoms with E-state index in [0.717, 1.165) is 13.1 Å². The number of fused-ring (bicyclic) bond motifs is 1. The molecule has 82 valence electrons. The van der Waals surface area contributed by atoms with Crippen molar-refractivity contribution >= 4 is 5.69 Å². The number of nitrogens with one attached hydrogen (secondary N) is 1. The van der Waals surface area contributed by atoms with E-state index in [2.05, 4.69) is 49.2 Å². The second-order valence-electron chi connectivity index (χ2n) is 5.26. The molecule has 1 heterocycles. The molecule has 0 saturated carbocycles. The summed E-state index contributed by atoms with van der Waals surface area (Å²) in [6.45, 7) is 8.99. The van der Waals surface area contributed by atoms with Gasteiger partial charge in [-0.1, -0.05) is 6.07 Å². The van der Waals surface area contributed by atoms with Crippen LogP contribution in [0.15, 0.2) is 18.2 Å². The predicted octanol–water partition coefficient (Wildman–Crippen LogP) is 2.84. The van der Waals surface area contributed by atoms with Crippen molar-refractivity contribution in [1.29, 1.82) is 0 Å². The Hall–Kier alpha value is -1.02.